The fourth-order valence-electron chi connectivity index (χ4n) is 4.42. The molecule has 3 aromatic heterocycles. The number of nitrogens with one attached hydrogen (secondary N) is 1. The van der Waals surface area contributed by atoms with Crippen LogP contribution in [-0.4, -0.2) is 20.2 Å². The highest BCUT2D eigenvalue weighted by Crippen LogP contribution is 2.39. The Morgan fingerprint density at radius 1 is 1.10 bits per heavy atom. The summed E-state index contributed by atoms with van der Waals surface area (Å²) < 4.78 is 5.06. The summed E-state index contributed by atoms with van der Waals surface area (Å²) in [6.07, 6.45) is 0. The second-order valence-electron chi connectivity index (χ2n) is 7.59. The molecule has 0 amide bonds. The molecular formula is C22H22N4O2S. The normalized spacial score (nSPS) is 16.3. The van der Waals surface area contributed by atoms with E-state index in [1.807, 2.05) is 30.3 Å². The SMILES string of the molecule is Cc1csc(C2NCCn3c(-c4ccccc4)c4c(=O)n(C)c(=O)n(C)c4c32)c1. The van der Waals surface area contributed by atoms with Crippen LogP contribution < -0.4 is 16.6 Å². The number of hydrogen-bond acceptors (Lipinski definition) is 4. The van der Waals surface area contributed by atoms with Crippen LogP contribution in [0.2, 0.25) is 0 Å². The van der Waals surface area contributed by atoms with Gasteiger partial charge < -0.3 is 9.88 Å². The van der Waals surface area contributed by atoms with Crippen molar-refractivity contribution in [1.29, 1.82) is 0 Å². The molecule has 148 valence electrons. The summed E-state index contributed by atoms with van der Waals surface area (Å²) in [5.74, 6) is 0. The summed E-state index contributed by atoms with van der Waals surface area (Å²) in [4.78, 5) is 27.3. The fourth-order valence-corrected chi connectivity index (χ4v) is 5.39. The molecule has 5 rings (SSSR count). The number of benzene rings is 1. The molecule has 1 aliphatic heterocycles. The van der Waals surface area contributed by atoms with E-state index in [0.29, 0.717) is 5.39 Å². The second kappa shape index (κ2) is 6.57. The lowest BCUT2D eigenvalue weighted by atomic mass is 10.1. The Labute approximate surface area is 171 Å². The number of nitrogens with zero attached hydrogens (tertiary/aromatic N) is 3. The minimum Gasteiger partial charge on any atom is -0.339 e. The van der Waals surface area contributed by atoms with Crippen molar-refractivity contribution in [2.24, 2.45) is 14.1 Å². The van der Waals surface area contributed by atoms with Crippen molar-refractivity contribution in [3.63, 3.8) is 0 Å². The van der Waals surface area contributed by atoms with Crippen LogP contribution in [-0.2, 0) is 20.6 Å². The number of aryl methyl sites for hydroxylation is 2. The average Bonchev–Trinajstić information content (AvgIpc) is 3.32. The summed E-state index contributed by atoms with van der Waals surface area (Å²) in [6, 6.07) is 12.1. The second-order valence-corrected chi connectivity index (χ2v) is 8.54. The van der Waals surface area contributed by atoms with Crippen molar-refractivity contribution < 1.29 is 0 Å². The van der Waals surface area contributed by atoms with Gasteiger partial charge in [0.25, 0.3) is 5.56 Å². The third-order valence-corrected chi connectivity index (χ3v) is 6.86. The smallest absolute Gasteiger partial charge is 0.331 e. The topological polar surface area (TPSA) is 61.0 Å². The molecule has 1 aliphatic rings. The Kier molecular flexibility index (Phi) is 4.11. The van der Waals surface area contributed by atoms with Crippen molar-refractivity contribution in [3.8, 4) is 11.3 Å². The summed E-state index contributed by atoms with van der Waals surface area (Å²) in [5.41, 5.74) is 4.26. The minimum atomic E-state index is -0.304. The first kappa shape index (κ1) is 18.1. The molecular weight excluding hydrogens is 384 g/mol. The highest BCUT2D eigenvalue weighted by atomic mass is 32.1. The molecule has 1 aromatic carbocycles. The number of rotatable bonds is 2. The van der Waals surface area contributed by atoms with E-state index >= 15 is 0 Å². The first-order valence-electron chi connectivity index (χ1n) is 9.65. The molecule has 0 bridgehead atoms. The predicted octanol–water partition coefficient (Wildman–Crippen LogP) is 2.77. The lowest BCUT2D eigenvalue weighted by Gasteiger charge is -2.27. The van der Waals surface area contributed by atoms with Gasteiger partial charge in [0.15, 0.2) is 0 Å². The number of thiophene rings is 1. The zero-order valence-electron chi connectivity index (χ0n) is 16.6. The molecule has 0 saturated carbocycles. The van der Waals surface area contributed by atoms with Crippen molar-refractivity contribution in [2.45, 2.75) is 19.5 Å². The Bertz CT molecular complexity index is 1360. The molecule has 0 spiro atoms. The largest absolute Gasteiger partial charge is 0.339 e. The van der Waals surface area contributed by atoms with Gasteiger partial charge in [-0.05, 0) is 29.5 Å². The van der Waals surface area contributed by atoms with Gasteiger partial charge in [-0.2, -0.15) is 0 Å². The van der Waals surface area contributed by atoms with E-state index in [4.69, 9.17) is 0 Å². The van der Waals surface area contributed by atoms with E-state index in [9.17, 15) is 9.59 Å². The van der Waals surface area contributed by atoms with Crippen LogP contribution in [0.15, 0.2) is 51.4 Å². The van der Waals surface area contributed by atoms with Gasteiger partial charge in [-0.15, -0.1) is 11.3 Å². The highest BCUT2D eigenvalue weighted by molar-refractivity contribution is 7.10. The maximum atomic E-state index is 13.3. The molecule has 6 nitrogen and oxygen atoms in total. The third-order valence-electron chi connectivity index (χ3n) is 5.74. The van der Waals surface area contributed by atoms with Crippen molar-refractivity contribution in [1.82, 2.24) is 19.0 Å². The van der Waals surface area contributed by atoms with Gasteiger partial charge in [0.1, 0.15) is 0 Å². The number of aromatic nitrogens is 3. The van der Waals surface area contributed by atoms with Gasteiger partial charge in [-0.25, -0.2) is 4.79 Å². The Balaban J connectivity index is 1.97. The van der Waals surface area contributed by atoms with E-state index in [1.54, 1.807) is 30.0 Å². The molecule has 0 saturated heterocycles. The third kappa shape index (κ3) is 2.58. The monoisotopic (exact) mass is 406 g/mol. The van der Waals surface area contributed by atoms with Gasteiger partial charge in [-0.1, -0.05) is 30.3 Å². The number of fused-ring (bicyclic) bond motifs is 3. The van der Waals surface area contributed by atoms with Gasteiger partial charge >= 0.3 is 5.69 Å². The molecule has 4 aromatic rings. The molecule has 4 heterocycles. The van der Waals surface area contributed by atoms with Crippen molar-refractivity contribution in [2.75, 3.05) is 6.54 Å². The van der Waals surface area contributed by atoms with Gasteiger partial charge in [-0.3, -0.25) is 13.9 Å². The fraction of sp³-hybridized carbons (Fsp3) is 0.273. The Morgan fingerprint density at radius 3 is 2.55 bits per heavy atom. The molecule has 7 heteroatoms. The van der Waals surface area contributed by atoms with Gasteiger partial charge in [0.05, 0.1) is 28.3 Å². The molecule has 0 fully saturated rings. The van der Waals surface area contributed by atoms with Crippen LogP contribution in [0.4, 0.5) is 0 Å². The summed E-state index contributed by atoms with van der Waals surface area (Å²) >= 11 is 1.70. The zero-order chi connectivity index (χ0) is 20.3. The maximum Gasteiger partial charge on any atom is 0.331 e. The van der Waals surface area contributed by atoms with E-state index in [0.717, 1.165) is 35.6 Å². The van der Waals surface area contributed by atoms with Crippen molar-refractivity contribution in [3.05, 3.63) is 78.8 Å². The van der Waals surface area contributed by atoms with Gasteiger partial charge in [0.2, 0.25) is 0 Å². The zero-order valence-corrected chi connectivity index (χ0v) is 17.4. The standard InChI is InChI=1S/C22H22N4O2S/c1-13-11-15(29-12-13)17-20-19-16(21(27)25(3)22(28)24(19)2)18(26(20)10-9-23-17)14-7-5-4-6-8-14/h4-8,11-12,17,23H,9-10H2,1-3H3. The van der Waals surface area contributed by atoms with Crippen LogP contribution >= 0.6 is 11.3 Å². The van der Waals surface area contributed by atoms with Crippen LogP contribution in [0.1, 0.15) is 22.2 Å². The first-order valence-corrected chi connectivity index (χ1v) is 10.5. The van der Waals surface area contributed by atoms with Crippen LogP contribution in [0.25, 0.3) is 22.2 Å². The summed E-state index contributed by atoms with van der Waals surface area (Å²) in [7, 11) is 3.30. The average molecular weight is 407 g/mol. The van der Waals surface area contributed by atoms with E-state index in [1.165, 1.54) is 15.0 Å². The van der Waals surface area contributed by atoms with Gasteiger partial charge in [0, 0.05) is 32.1 Å². The molecule has 0 aliphatic carbocycles. The Hall–Kier alpha value is -2.90. The Morgan fingerprint density at radius 2 is 1.86 bits per heavy atom. The molecule has 1 atom stereocenters. The molecule has 29 heavy (non-hydrogen) atoms. The predicted molar refractivity (Wildman–Crippen MR) is 117 cm³/mol. The maximum absolute atomic E-state index is 13.3. The highest BCUT2D eigenvalue weighted by Gasteiger charge is 2.32. The van der Waals surface area contributed by atoms with Crippen LogP contribution in [0.5, 0.6) is 0 Å². The summed E-state index contributed by atoms with van der Waals surface area (Å²) in [5, 5.41) is 6.35. The van der Waals surface area contributed by atoms with E-state index in [-0.39, 0.29) is 17.3 Å². The minimum absolute atomic E-state index is 0.0554. The number of hydrogen-bond donors (Lipinski definition) is 1. The molecule has 0 radical (unpaired) electrons. The quantitative estimate of drug-likeness (QED) is 0.557. The summed E-state index contributed by atoms with van der Waals surface area (Å²) in [6.45, 7) is 3.62. The van der Waals surface area contributed by atoms with Crippen LogP contribution in [0.3, 0.4) is 0 Å². The van der Waals surface area contributed by atoms with E-state index < -0.39 is 0 Å². The molecule has 1 unspecified atom stereocenters. The lowest BCUT2D eigenvalue weighted by molar-refractivity contribution is 0.475. The van der Waals surface area contributed by atoms with Crippen molar-refractivity contribution >= 4 is 22.2 Å². The van der Waals surface area contributed by atoms with E-state index in [2.05, 4.69) is 28.3 Å². The molecule has 1 N–H and O–H groups in total. The van der Waals surface area contributed by atoms with Crippen LogP contribution in [0, 0.1) is 6.92 Å². The first-order chi connectivity index (χ1) is 14.0. The lowest BCUT2D eigenvalue weighted by Crippen LogP contribution is -2.38.